The molecule has 1 aromatic heterocycles. The van der Waals surface area contributed by atoms with E-state index in [0.717, 1.165) is 20.3 Å². The maximum atomic E-state index is 11.4. The minimum Gasteiger partial charge on any atom is -0.464 e. The Morgan fingerprint density at radius 3 is 2.55 bits per heavy atom. The molecule has 1 aromatic carbocycles. The second-order valence-electron chi connectivity index (χ2n) is 4.35. The summed E-state index contributed by atoms with van der Waals surface area (Å²) in [6, 6.07) is 7.65. The molecule has 106 valence electrons. The fourth-order valence-corrected chi connectivity index (χ4v) is 3.52. The van der Waals surface area contributed by atoms with Crippen LogP contribution in [0.5, 0.6) is 0 Å². The Morgan fingerprint density at radius 1 is 1.30 bits per heavy atom. The molecule has 6 heteroatoms. The molecule has 0 amide bonds. The van der Waals surface area contributed by atoms with E-state index in [1.807, 2.05) is 25.1 Å². The van der Waals surface area contributed by atoms with Crippen molar-refractivity contribution < 1.29 is 9.53 Å². The summed E-state index contributed by atoms with van der Waals surface area (Å²) in [5, 5.41) is 3.32. The lowest BCUT2D eigenvalue weighted by Gasteiger charge is -2.11. The van der Waals surface area contributed by atoms with Crippen molar-refractivity contribution in [3.8, 4) is 0 Å². The van der Waals surface area contributed by atoms with Crippen LogP contribution in [0, 0.1) is 6.92 Å². The Bertz CT molecular complexity index is 615. The first-order valence-electron chi connectivity index (χ1n) is 5.97. The molecule has 1 heterocycles. The van der Waals surface area contributed by atoms with Crippen LogP contribution in [0.3, 0.4) is 0 Å². The van der Waals surface area contributed by atoms with E-state index in [0.29, 0.717) is 12.2 Å². The van der Waals surface area contributed by atoms with Crippen molar-refractivity contribution >= 4 is 43.5 Å². The number of aryl methyl sites for hydroxylation is 1. The van der Waals surface area contributed by atoms with Gasteiger partial charge in [0, 0.05) is 14.6 Å². The van der Waals surface area contributed by atoms with Crippen molar-refractivity contribution in [2.24, 2.45) is 0 Å². The van der Waals surface area contributed by atoms with Gasteiger partial charge in [-0.25, -0.2) is 4.79 Å². The quantitative estimate of drug-likeness (QED) is 0.753. The lowest BCUT2D eigenvalue weighted by atomic mass is 10.2. The third kappa shape index (κ3) is 3.43. The molecule has 4 nitrogen and oxygen atoms in total. The van der Waals surface area contributed by atoms with Gasteiger partial charge in [0.05, 0.1) is 19.3 Å². The van der Waals surface area contributed by atoms with Crippen molar-refractivity contribution in [3.05, 3.63) is 50.2 Å². The Kier molecular flexibility index (Phi) is 4.88. The lowest BCUT2D eigenvalue weighted by molar-refractivity contribution is 0.0594. The van der Waals surface area contributed by atoms with Gasteiger partial charge in [0.15, 0.2) is 0 Å². The average Bonchev–Trinajstić information content (AvgIpc) is 2.85. The van der Waals surface area contributed by atoms with E-state index in [1.165, 1.54) is 12.7 Å². The summed E-state index contributed by atoms with van der Waals surface area (Å²) in [5.41, 5.74) is 3.50. The van der Waals surface area contributed by atoms with Crippen molar-refractivity contribution in [1.82, 2.24) is 4.98 Å². The maximum absolute atomic E-state index is 11.4. The normalized spacial score (nSPS) is 10.4. The number of anilines is 1. The average molecular weight is 402 g/mol. The highest BCUT2D eigenvalue weighted by Gasteiger charge is 2.09. The number of aromatic amines is 1. The summed E-state index contributed by atoms with van der Waals surface area (Å²) >= 11 is 7.07. The molecule has 0 bridgehead atoms. The van der Waals surface area contributed by atoms with Gasteiger partial charge in [-0.1, -0.05) is 0 Å². The van der Waals surface area contributed by atoms with Gasteiger partial charge >= 0.3 is 5.97 Å². The van der Waals surface area contributed by atoms with Crippen molar-refractivity contribution in [1.29, 1.82) is 0 Å². The van der Waals surface area contributed by atoms with Crippen molar-refractivity contribution in [2.75, 3.05) is 12.4 Å². The molecule has 2 rings (SSSR count). The van der Waals surface area contributed by atoms with Gasteiger partial charge in [-0.3, -0.25) is 0 Å². The summed E-state index contributed by atoms with van der Waals surface area (Å²) < 4.78 is 6.64. The minimum atomic E-state index is -0.367. The molecule has 2 aromatic rings. The summed E-state index contributed by atoms with van der Waals surface area (Å²) in [7, 11) is 1.36. The predicted octanol–water partition coefficient (Wildman–Crippen LogP) is 4.25. The molecule has 0 saturated carbocycles. The number of methoxy groups -OCH3 is 1. The number of H-pyrrole nitrogens is 1. The second kappa shape index (κ2) is 6.45. The van der Waals surface area contributed by atoms with Crippen LogP contribution in [-0.2, 0) is 11.3 Å². The summed E-state index contributed by atoms with van der Waals surface area (Å²) in [4.78, 5) is 14.4. The highest BCUT2D eigenvalue weighted by Crippen LogP contribution is 2.32. The molecule has 0 saturated heterocycles. The number of hydrogen-bond acceptors (Lipinski definition) is 3. The van der Waals surface area contributed by atoms with Gasteiger partial charge in [0.25, 0.3) is 0 Å². The Morgan fingerprint density at radius 2 is 1.95 bits per heavy atom. The number of nitrogens with one attached hydrogen (secondary N) is 2. The largest absolute Gasteiger partial charge is 0.464 e. The van der Waals surface area contributed by atoms with E-state index >= 15 is 0 Å². The van der Waals surface area contributed by atoms with Crippen LogP contribution in [0.25, 0.3) is 0 Å². The van der Waals surface area contributed by atoms with E-state index in [9.17, 15) is 4.79 Å². The number of hydrogen-bond donors (Lipinski definition) is 2. The van der Waals surface area contributed by atoms with E-state index in [4.69, 9.17) is 0 Å². The number of carbonyl (C=O) groups excluding carboxylic acids is 1. The SMILES string of the molecule is COC(=O)c1ccc(CNc2c(Br)cc(C)cc2Br)[nH]1. The standard InChI is InChI=1S/C14H14Br2N2O2/c1-8-5-10(15)13(11(16)6-8)17-7-9-3-4-12(18-9)14(19)20-2/h3-6,17-18H,7H2,1-2H3. The molecule has 2 N–H and O–H groups in total. The number of benzene rings is 1. The molecule has 0 unspecified atom stereocenters. The van der Waals surface area contributed by atoms with Crippen LogP contribution in [0.1, 0.15) is 21.7 Å². The van der Waals surface area contributed by atoms with Gasteiger partial charge in [-0.15, -0.1) is 0 Å². The molecular formula is C14H14Br2N2O2. The monoisotopic (exact) mass is 400 g/mol. The number of carbonyl (C=O) groups is 1. The topological polar surface area (TPSA) is 54.1 Å². The predicted molar refractivity (Wildman–Crippen MR) is 86.0 cm³/mol. The minimum absolute atomic E-state index is 0.367. The molecule has 0 atom stereocenters. The van der Waals surface area contributed by atoms with Gasteiger partial charge < -0.3 is 15.0 Å². The van der Waals surface area contributed by atoms with E-state index < -0.39 is 0 Å². The zero-order valence-corrected chi connectivity index (χ0v) is 14.3. The zero-order chi connectivity index (χ0) is 14.7. The van der Waals surface area contributed by atoms with Crippen molar-refractivity contribution in [3.63, 3.8) is 0 Å². The van der Waals surface area contributed by atoms with Gasteiger partial charge in [-0.2, -0.15) is 0 Å². The summed E-state index contributed by atoms with van der Waals surface area (Å²) in [5.74, 6) is -0.367. The third-order valence-corrected chi connectivity index (χ3v) is 4.04. The number of ether oxygens (including phenoxy) is 1. The Labute approximate surface area is 134 Å². The summed E-state index contributed by atoms with van der Waals surface area (Å²) in [6.07, 6.45) is 0. The van der Waals surface area contributed by atoms with Gasteiger partial charge in [0.2, 0.25) is 0 Å². The van der Waals surface area contributed by atoms with Gasteiger partial charge in [-0.05, 0) is 68.6 Å². The second-order valence-corrected chi connectivity index (χ2v) is 6.05. The smallest absolute Gasteiger partial charge is 0.354 e. The maximum Gasteiger partial charge on any atom is 0.354 e. The third-order valence-electron chi connectivity index (χ3n) is 2.79. The molecule has 0 radical (unpaired) electrons. The van der Waals surface area contributed by atoms with Crippen LogP contribution >= 0.6 is 31.9 Å². The highest BCUT2D eigenvalue weighted by atomic mass is 79.9. The first-order chi connectivity index (χ1) is 9.51. The van der Waals surface area contributed by atoms with Crippen LogP contribution in [0.15, 0.2) is 33.2 Å². The fraction of sp³-hybridized carbons (Fsp3) is 0.214. The van der Waals surface area contributed by atoms with Crippen molar-refractivity contribution in [2.45, 2.75) is 13.5 Å². The highest BCUT2D eigenvalue weighted by molar-refractivity contribution is 9.11. The Balaban J connectivity index is 2.09. The van der Waals surface area contributed by atoms with E-state index in [-0.39, 0.29) is 5.97 Å². The van der Waals surface area contributed by atoms with Gasteiger partial charge in [0.1, 0.15) is 5.69 Å². The van der Waals surface area contributed by atoms with Crippen LogP contribution in [-0.4, -0.2) is 18.1 Å². The molecule has 0 fully saturated rings. The van der Waals surface area contributed by atoms with Crippen LogP contribution in [0.2, 0.25) is 0 Å². The molecule has 20 heavy (non-hydrogen) atoms. The fourth-order valence-electron chi connectivity index (χ4n) is 1.82. The summed E-state index contributed by atoms with van der Waals surface area (Å²) in [6.45, 7) is 2.62. The van der Waals surface area contributed by atoms with E-state index in [2.05, 4.69) is 46.9 Å². The lowest BCUT2D eigenvalue weighted by Crippen LogP contribution is -2.04. The molecule has 0 spiro atoms. The molecule has 0 aliphatic heterocycles. The first kappa shape index (κ1) is 15.1. The number of esters is 1. The molecule has 0 aliphatic carbocycles. The van der Waals surface area contributed by atoms with Crippen LogP contribution in [0.4, 0.5) is 5.69 Å². The van der Waals surface area contributed by atoms with Crippen LogP contribution < -0.4 is 5.32 Å². The number of aromatic nitrogens is 1. The van der Waals surface area contributed by atoms with E-state index in [1.54, 1.807) is 6.07 Å². The Hall–Kier alpha value is -1.27. The number of halogens is 2. The molecular weight excluding hydrogens is 388 g/mol. The zero-order valence-electron chi connectivity index (χ0n) is 11.1. The molecule has 0 aliphatic rings. The first-order valence-corrected chi connectivity index (χ1v) is 7.55. The number of rotatable bonds is 4.